The molecule has 1 aromatic rings. The normalized spacial score (nSPS) is 12.7. The Morgan fingerprint density at radius 3 is 2.47 bits per heavy atom. The molecular formula is C13H19NO3. The SMILES string of the molecule is CC(CO)N(C)Cc1ccccc1CC(=O)O. The van der Waals surface area contributed by atoms with E-state index in [9.17, 15) is 4.79 Å². The maximum atomic E-state index is 10.7. The van der Waals surface area contributed by atoms with Crippen LogP contribution in [0.2, 0.25) is 0 Å². The second kappa shape index (κ2) is 6.37. The summed E-state index contributed by atoms with van der Waals surface area (Å²) in [5, 5.41) is 17.9. The van der Waals surface area contributed by atoms with Crippen molar-refractivity contribution in [1.82, 2.24) is 4.90 Å². The van der Waals surface area contributed by atoms with E-state index < -0.39 is 5.97 Å². The summed E-state index contributed by atoms with van der Waals surface area (Å²) in [6, 6.07) is 7.57. The van der Waals surface area contributed by atoms with E-state index in [1.54, 1.807) is 0 Å². The highest BCUT2D eigenvalue weighted by atomic mass is 16.4. The van der Waals surface area contributed by atoms with E-state index >= 15 is 0 Å². The number of nitrogens with zero attached hydrogens (tertiary/aromatic N) is 1. The van der Waals surface area contributed by atoms with Crippen molar-refractivity contribution >= 4 is 5.97 Å². The first-order chi connectivity index (χ1) is 8.04. The molecule has 0 saturated heterocycles. The highest BCUT2D eigenvalue weighted by molar-refractivity contribution is 5.70. The molecule has 1 rings (SSSR count). The number of hydrogen-bond acceptors (Lipinski definition) is 3. The Hall–Kier alpha value is -1.39. The van der Waals surface area contributed by atoms with Crippen LogP contribution in [0.15, 0.2) is 24.3 Å². The third kappa shape index (κ3) is 4.17. The van der Waals surface area contributed by atoms with Crippen LogP contribution in [-0.4, -0.2) is 40.8 Å². The smallest absolute Gasteiger partial charge is 0.307 e. The van der Waals surface area contributed by atoms with Crippen molar-refractivity contribution in [3.8, 4) is 0 Å². The van der Waals surface area contributed by atoms with Crippen molar-refractivity contribution in [2.45, 2.75) is 25.9 Å². The van der Waals surface area contributed by atoms with Crippen molar-refractivity contribution < 1.29 is 15.0 Å². The zero-order valence-electron chi connectivity index (χ0n) is 10.3. The lowest BCUT2D eigenvalue weighted by molar-refractivity contribution is -0.136. The number of carboxylic acids is 1. The van der Waals surface area contributed by atoms with Gasteiger partial charge >= 0.3 is 5.97 Å². The number of likely N-dealkylation sites (N-methyl/N-ethyl adjacent to an activating group) is 1. The molecule has 0 amide bonds. The van der Waals surface area contributed by atoms with Gasteiger partial charge < -0.3 is 10.2 Å². The predicted octanol–water partition coefficient (Wildman–Crippen LogP) is 1.13. The van der Waals surface area contributed by atoms with Gasteiger partial charge in [0, 0.05) is 12.6 Å². The second-order valence-corrected chi connectivity index (χ2v) is 4.29. The van der Waals surface area contributed by atoms with E-state index in [0.29, 0.717) is 6.54 Å². The highest BCUT2D eigenvalue weighted by Crippen LogP contribution is 2.13. The summed E-state index contributed by atoms with van der Waals surface area (Å²) in [5.74, 6) is -0.824. The fraction of sp³-hybridized carbons (Fsp3) is 0.462. The van der Waals surface area contributed by atoms with Gasteiger partial charge in [-0.05, 0) is 25.1 Å². The molecule has 0 aromatic heterocycles. The number of aliphatic hydroxyl groups is 1. The van der Waals surface area contributed by atoms with Crippen molar-refractivity contribution in [3.63, 3.8) is 0 Å². The van der Waals surface area contributed by atoms with Gasteiger partial charge in [0.05, 0.1) is 13.0 Å². The van der Waals surface area contributed by atoms with Crippen molar-refractivity contribution in [2.24, 2.45) is 0 Å². The molecule has 0 bridgehead atoms. The molecule has 0 saturated carbocycles. The van der Waals surface area contributed by atoms with E-state index in [2.05, 4.69) is 0 Å². The first-order valence-electron chi connectivity index (χ1n) is 5.64. The quantitative estimate of drug-likeness (QED) is 0.778. The Labute approximate surface area is 101 Å². The summed E-state index contributed by atoms with van der Waals surface area (Å²) in [5.41, 5.74) is 1.83. The van der Waals surface area contributed by atoms with Crippen LogP contribution in [0.4, 0.5) is 0 Å². The van der Waals surface area contributed by atoms with Gasteiger partial charge in [0.2, 0.25) is 0 Å². The van der Waals surface area contributed by atoms with Crippen LogP contribution in [-0.2, 0) is 17.8 Å². The Kier molecular flexibility index (Phi) is 5.12. The van der Waals surface area contributed by atoms with Gasteiger partial charge in [0.25, 0.3) is 0 Å². The number of carbonyl (C=O) groups is 1. The van der Waals surface area contributed by atoms with Crippen molar-refractivity contribution in [2.75, 3.05) is 13.7 Å². The van der Waals surface area contributed by atoms with Gasteiger partial charge in [0.1, 0.15) is 0 Å². The topological polar surface area (TPSA) is 60.8 Å². The number of rotatable bonds is 6. The molecule has 0 fully saturated rings. The summed E-state index contributed by atoms with van der Waals surface area (Å²) < 4.78 is 0. The van der Waals surface area contributed by atoms with Gasteiger partial charge in [-0.25, -0.2) is 0 Å². The molecule has 0 radical (unpaired) electrons. The fourth-order valence-corrected chi connectivity index (χ4v) is 1.61. The van der Waals surface area contributed by atoms with Crippen LogP contribution in [0.25, 0.3) is 0 Å². The summed E-state index contributed by atoms with van der Waals surface area (Å²) in [6.45, 7) is 2.67. The largest absolute Gasteiger partial charge is 0.481 e. The molecule has 94 valence electrons. The van der Waals surface area contributed by atoms with E-state index in [1.807, 2.05) is 43.1 Å². The van der Waals surface area contributed by atoms with Gasteiger partial charge in [-0.2, -0.15) is 0 Å². The van der Waals surface area contributed by atoms with Crippen LogP contribution in [0, 0.1) is 0 Å². The molecule has 1 atom stereocenters. The first kappa shape index (κ1) is 13.7. The average Bonchev–Trinajstić information content (AvgIpc) is 2.29. The van der Waals surface area contributed by atoms with Crippen LogP contribution >= 0.6 is 0 Å². The predicted molar refractivity (Wildman–Crippen MR) is 65.8 cm³/mol. The van der Waals surface area contributed by atoms with Gasteiger partial charge in [0.15, 0.2) is 0 Å². The Morgan fingerprint density at radius 1 is 1.35 bits per heavy atom. The Bertz CT molecular complexity index is 379. The van der Waals surface area contributed by atoms with Crippen LogP contribution in [0.5, 0.6) is 0 Å². The minimum Gasteiger partial charge on any atom is -0.481 e. The van der Waals surface area contributed by atoms with Gasteiger partial charge in [-0.1, -0.05) is 24.3 Å². The molecule has 1 aromatic carbocycles. The monoisotopic (exact) mass is 237 g/mol. The number of benzene rings is 1. The molecule has 2 N–H and O–H groups in total. The van der Waals surface area contributed by atoms with E-state index in [1.165, 1.54) is 0 Å². The Morgan fingerprint density at radius 2 is 1.94 bits per heavy atom. The molecule has 0 heterocycles. The average molecular weight is 237 g/mol. The molecule has 0 aliphatic carbocycles. The van der Waals surface area contributed by atoms with E-state index in [-0.39, 0.29) is 19.1 Å². The third-order valence-corrected chi connectivity index (χ3v) is 2.90. The third-order valence-electron chi connectivity index (χ3n) is 2.90. The van der Waals surface area contributed by atoms with Gasteiger partial charge in [-0.3, -0.25) is 9.69 Å². The fourth-order valence-electron chi connectivity index (χ4n) is 1.61. The Balaban J connectivity index is 2.79. The number of aliphatic hydroxyl groups excluding tert-OH is 1. The number of carboxylic acid groups (broad SMARTS) is 1. The molecule has 0 aliphatic heterocycles. The minimum atomic E-state index is -0.824. The van der Waals surface area contributed by atoms with Crippen LogP contribution in [0.1, 0.15) is 18.1 Å². The lowest BCUT2D eigenvalue weighted by atomic mass is 10.0. The molecule has 0 spiro atoms. The number of aliphatic carboxylic acids is 1. The molecule has 4 nitrogen and oxygen atoms in total. The summed E-state index contributed by atoms with van der Waals surface area (Å²) in [4.78, 5) is 12.7. The van der Waals surface area contributed by atoms with E-state index in [0.717, 1.165) is 11.1 Å². The van der Waals surface area contributed by atoms with Crippen molar-refractivity contribution in [3.05, 3.63) is 35.4 Å². The minimum absolute atomic E-state index is 0.0392. The van der Waals surface area contributed by atoms with Crippen molar-refractivity contribution in [1.29, 1.82) is 0 Å². The number of hydrogen-bond donors (Lipinski definition) is 2. The summed E-state index contributed by atoms with van der Waals surface area (Å²) in [7, 11) is 1.92. The second-order valence-electron chi connectivity index (χ2n) is 4.29. The maximum Gasteiger partial charge on any atom is 0.307 e. The zero-order chi connectivity index (χ0) is 12.8. The van der Waals surface area contributed by atoms with Crippen LogP contribution in [0.3, 0.4) is 0 Å². The zero-order valence-corrected chi connectivity index (χ0v) is 10.3. The molecule has 4 heteroatoms. The lowest BCUT2D eigenvalue weighted by Gasteiger charge is -2.23. The highest BCUT2D eigenvalue weighted by Gasteiger charge is 2.11. The van der Waals surface area contributed by atoms with Gasteiger partial charge in [-0.15, -0.1) is 0 Å². The van der Waals surface area contributed by atoms with E-state index in [4.69, 9.17) is 10.2 Å². The molecule has 17 heavy (non-hydrogen) atoms. The summed E-state index contributed by atoms with van der Waals surface area (Å²) in [6.07, 6.45) is 0.0392. The maximum absolute atomic E-state index is 10.7. The molecule has 0 aliphatic rings. The lowest BCUT2D eigenvalue weighted by Crippen LogP contribution is -2.31. The first-order valence-corrected chi connectivity index (χ1v) is 5.64. The standard InChI is InChI=1S/C13H19NO3/c1-10(9-15)14(2)8-12-6-4-3-5-11(12)7-13(16)17/h3-6,10,15H,7-9H2,1-2H3,(H,16,17). The van der Waals surface area contributed by atoms with Crippen LogP contribution < -0.4 is 0 Å². The summed E-state index contributed by atoms with van der Waals surface area (Å²) >= 11 is 0. The molecule has 1 unspecified atom stereocenters. The molecular weight excluding hydrogens is 218 g/mol.